The fraction of sp³-hybridized carbons (Fsp3) is 0.429. The monoisotopic (exact) mass is 340 g/mol. The average molecular weight is 340 g/mol. The van der Waals surface area contributed by atoms with E-state index in [4.69, 9.17) is 4.42 Å². The lowest BCUT2D eigenvalue weighted by Crippen LogP contribution is -2.49. The van der Waals surface area contributed by atoms with Crippen molar-refractivity contribution >= 4 is 16.0 Å². The van der Waals surface area contributed by atoms with Crippen molar-refractivity contribution in [1.29, 1.82) is 0 Å². The first-order valence-corrected chi connectivity index (χ1v) is 8.82. The minimum absolute atomic E-state index is 0.132. The first kappa shape index (κ1) is 15.9. The predicted octanol–water partition coefficient (Wildman–Crippen LogP) is 1.17. The highest BCUT2D eigenvalue weighted by atomic mass is 32.2. The van der Waals surface area contributed by atoms with Gasteiger partial charge in [-0.05, 0) is 17.7 Å². The molecule has 0 unspecified atom stereocenters. The smallest absolute Gasteiger partial charge is 0.318 e. The number of nitrogens with zero attached hydrogens (tertiary/aromatic N) is 4. The molecule has 124 valence electrons. The van der Waals surface area contributed by atoms with Crippen molar-refractivity contribution in [3.63, 3.8) is 0 Å². The van der Waals surface area contributed by atoms with Crippen molar-refractivity contribution in [2.75, 3.05) is 31.1 Å². The van der Waals surface area contributed by atoms with E-state index in [9.17, 15) is 12.8 Å². The van der Waals surface area contributed by atoms with Crippen LogP contribution in [0.1, 0.15) is 11.5 Å². The fourth-order valence-corrected chi connectivity index (χ4v) is 3.97. The van der Waals surface area contributed by atoms with E-state index in [1.165, 1.54) is 28.6 Å². The van der Waals surface area contributed by atoms with Crippen LogP contribution in [0.4, 0.5) is 10.4 Å². The SMILES string of the molecule is Cc1nnc(N2CCN(S(=O)(=O)Cc3ccc(F)cc3)CC2)o1. The summed E-state index contributed by atoms with van der Waals surface area (Å²) in [4.78, 5) is 1.86. The van der Waals surface area contributed by atoms with E-state index in [1.54, 1.807) is 6.92 Å². The van der Waals surface area contributed by atoms with Gasteiger partial charge in [-0.2, -0.15) is 4.31 Å². The molecule has 1 aliphatic heterocycles. The molecular formula is C14H17FN4O3S. The lowest BCUT2D eigenvalue weighted by Gasteiger charge is -2.32. The Kier molecular flexibility index (Phi) is 4.31. The number of rotatable bonds is 4. The second kappa shape index (κ2) is 6.25. The molecule has 2 aromatic rings. The van der Waals surface area contributed by atoms with Gasteiger partial charge in [0, 0.05) is 33.1 Å². The normalized spacial score (nSPS) is 16.7. The molecule has 0 bridgehead atoms. The lowest BCUT2D eigenvalue weighted by atomic mass is 10.2. The molecule has 7 nitrogen and oxygen atoms in total. The Labute approximate surface area is 133 Å². The Morgan fingerprint density at radius 3 is 2.35 bits per heavy atom. The van der Waals surface area contributed by atoms with Gasteiger partial charge in [0.1, 0.15) is 5.82 Å². The summed E-state index contributed by atoms with van der Waals surface area (Å²) in [6.45, 7) is 3.39. The van der Waals surface area contributed by atoms with Crippen molar-refractivity contribution in [3.05, 3.63) is 41.5 Å². The van der Waals surface area contributed by atoms with Crippen LogP contribution in [0.5, 0.6) is 0 Å². The van der Waals surface area contributed by atoms with Crippen LogP contribution in [0.2, 0.25) is 0 Å². The second-order valence-electron chi connectivity index (χ2n) is 5.37. The van der Waals surface area contributed by atoms with E-state index >= 15 is 0 Å². The summed E-state index contributed by atoms with van der Waals surface area (Å²) in [6.07, 6.45) is 0. The third kappa shape index (κ3) is 3.67. The van der Waals surface area contributed by atoms with Gasteiger partial charge in [-0.3, -0.25) is 0 Å². The van der Waals surface area contributed by atoms with E-state index in [1.807, 2.05) is 4.90 Å². The number of benzene rings is 1. The van der Waals surface area contributed by atoms with Gasteiger partial charge in [0.25, 0.3) is 0 Å². The van der Waals surface area contributed by atoms with E-state index in [0.29, 0.717) is 43.6 Å². The van der Waals surface area contributed by atoms with Crippen LogP contribution in [0.25, 0.3) is 0 Å². The molecule has 9 heteroatoms. The van der Waals surface area contributed by atoms with E-state index in [0.717, 1.165) is 0 Å². The summed E-state index contributed by atoms with van der Waals surface area (Å²) in [7, 11) is -3.43. The largest absolute Gasteiger partial charge is 0.408 e. The van der Waals surface area contributed by atoms with E-state index in [-0.39, 0.29) is 11.6 Å². The number of halogens is 1. The van der Waals surface area contributed by atoms with Gasteiger partial charge < -0.3 is 9.32 Å². The number of hydrogen-bond acceptors (Lipinski definition) is 6. The molecule has 3 rings (SSSR count). The summed E-state index contributed by atoms with van der Waals surface area (Å²) in [5, 5.41) is 7.71. The maximum absolute atomic E-state index is 12.9. The van der Waals surface area contributed by atoms with Gasteiger partial charge >= 0.3 is 6.01 Å². The quantitative estimate of drug-likeness (QED) is 0.831. The molecule has 1 aliphatic rings. The van der Waals surface area contributed by atoms with Crippen molar-refractivity contribution in [1.82, 2.24) is 14.5 Å². The van der Waals surface area contributed by atoms with Gasteiger partial charge in [0.2, 0.25) is 15.9 Å². The molecule has 0 amide bonds. The van der Waals surface area contributed by atoms with Gasteiger partial charge in [-0.1, -0.05) is 17.2 Å². The Bertz CT molecular complexity index is 768. The Morgan fingerprint density at radius 1 is 1.13 bits per heavy atom. The van der Waals surface area contributed by atoms with Gasteiger partial charge in [-0.15, -0.1) is 5.10 Å². The van der Waals surface area contributed by atoms with Crippen LogP contribution in [0.15, 0.2) is 28.7 Å². The molecule has 0 radical (unpaired) electrons. The molecule has 0 atom stereocenters. The van der Waals surface area contributed by atoms with E-state index in [2.05, 4.69) is 10.2 Å². The maximum Gasteiger partial charge on any atom is 0.318 e. The highest BCUT2D eigenvalue weighted by Crippen LogP contribution is 2.18. The third-order valence-electron chi connectivity index (χ3n) is 3.68. The molecule has 1 aromatic carbocycles. The summed E-state index contributed by atoms with van der Waals surface area (Å²) in [5.41, 5.74) is 0.571. The van der Waals surface area contributed by atoms with Crippen LogP contribution in [-0.2, 0) is 15.8 Å². The summed E-state index contributed by atoms with van der Waals surface area (Å²) in [5.74, 6) is -0.0339. The highest BCUT2D eigenvalue weighted by Gasteiger charge is 2.28. The molecule has 2 heterocycles. The van der Waals surface area contributed by atoms with Crippen molar-refractivity contribution in [2.45, 2.75) is 12.7 Å². The van der Waals surface area contributed by atoms with Crippen molar-refractivity contribution in [3.8, 4) is 0 Å². The minimum atomic E-state index is -3.43. The van der Waals surface area contributed by atoms with Crippen LogP contribution in [0, 0.1) is 12.7 Å². The minimum Gasteiger partial charge on any atom is -0.408 e. The third-order valence-corrected chi connectivity index (χ3v) is 5.53. The van der Waals surface area contributed by atoms with Gasteiger partial charge in [-0.25, -0.2) is 12.8 Å². The molecule has 23 heavy (non-hydrogen) atoms. The van der Waals surface area contributed by atoms with Crippen molar-refractivity contribution < 1.29 is 17.2 Å². The predicted molar refractivity (Wildman–Crippen MR) is 81.8 cm³/mol. The molecule has 1 aromatic heterocycles. The van der Waals surface area contributed by atoms with Gasteiger partial charge in [0.15, 0.2) is 0 Å². The number of hydrogen-bond donors (Lipinski definition) is 0. The zero-order chi connectivity index (χ0) is 16.4. The molecule has 0 spiro atoms. The maximum atomic E-state index is 12.9. The average Bonchev–Trinajstić information content (AvgIpc) is 2.96. The summed E-state index contributed by atoms with van der Waals surface area (Å²) in [6, 6.07) is 5.92. The van der Waals surface area contributed by atoms with E-state index < -0.39 is 10.0 Å². The fourth-order valence-electron chi connectivity index (χ4n) is 2.45. The first-order valence-electron chi connectivity index (χ1n) is 7.21. The zero-order valence-corrected chi connectivity index (χ0v) is 13.5. The summed E-state index contributed by atoms with van der Waals surface area (Å²) >= 11 is 0. The first-order chi connectivity index (χ1) is 10.9. The number of sulfonamides is 1. The summed E-state index contributed by atoms with van der Waals surface area (Å²) < 4.78 is 44.6. The molecular weight excluding hydrogens is 323 g/mol. The molecule has 0 saturated carbocycles. The topological polar surface area (TPSA) is 79.5 Å². The van der Waals surface area contributed by atoms with Crippen LogP contribution in [-0.4, -0.2) is 49.1 Å². The molecule has 1 fully saturated rings. The number of aromatic nitrogens is 2. The van der Waals surface area contributed by atoms with Crippen LogP contribution in [0.3, 0.4) is 0 Å². The zero-order valence-electron chi connectivity index (χ0n) is 12.6. The Balaban J connectivity index is 1.63. The Hall–Kier alpha value is -2.00. The number of piperazine rings is 1. The van der Waals surface area contributed by atoms with Crippen LogP contribution >= 0.6 is 0 Å². The van der Waals surface area contributed by atoms with Crippen molar-refractivity contribution in [2.24, 2.45) is 0 Å². The number of aryl methyl sites for hydroxylation is 1. The van der Waals surface area contributed by atoms with Gasteiger partial charge in [0.05, 0.1) is 5.75 Å². The van der Waals surface area contributed by atoms with Crippen LogP contribution < -0.4 is 4.90 Å². The lowest BCUT2D eigenvalue weighted by molar-refractivity contribution is 0.369. The Morgan fingerprint density at radius 2 is 1.78 bits per heavy atom. The molecule has 0 N–H and O–H groups in total. The number of anilines is 1. The molecule has 0 aliphatic carbocycles. The second-order valence-corrected chi connectivity index (χ2v) is 7.34. The highest BCUT2D eigenvalue weighted by molar-refractivity contribution is 7.88. The molecule has 1 saturated heterocycles. The standard InChI is InChI=1S/C14H17FN4O3S/c1-11-16-17-14(22-11)18-6-8-19(9-7-18)23(20,21)10-12-2-4-13(15)5-3-12/h2-5H,6-10H2,1H3.